The normalized spacial score (nSPS) is 12.4. The summed E-state index contributed by atoms with van der Waals surface area (Å²) in [7, 11) is 0. The van der Waals surface area contributed by atoms with E-state index in [9.17, 15) is 10.2 Å². The van der Waals surface area contributed by atoms with Gasteiger partial charge in [0.05, 0.1) is 0 Å². The summed E-state index contributed by atoms with van der Waals surface area (Å²) in [6, 6.07) is 9.74. The lowest BCUT2D eigenvalue weighted by Gasteiger charge is -2.16. The zero-order valence-electron chi connectivity index (χ0n) is 11.9. The van der Waals surface area contributed by atoms with Gasteiger partial charge in [-0.15, -0.1) is 0 Å². The number of aromatic hydroxyl groups is 2. The minimum atomic E-state index is 0.234. The summed E-state index contributed by atoms with van der Waals surface area (Å²) >= 11 is 0. The molecule has 2 rings (SSSR count). The van der Waals surface area contributed by atoms with Crippen molar-refractivity contribution in [1.82, 2.24) is 0 Å². The van der Waals surface area contributed by atoms with Crippen LogP contribution >= 0.6 is 0 Å². The third kappa shape index (κ3) is 2.58. The fourth-order valence-corrected chi connectivity index (χ4v) is 2.38. The minimum Gasteiger partial charge on any atom is -0.508 e. The van der Waals surface area contributed by atoms with E-state index in [0.29, 0.717) is 11.5 Å². The number of hydrogen-bond donors (Lipinski definition) is 2. The van der Waals surface area contributed by atoms with E-state index in [1.165, 1.54) is 11.1 Å². The third-order valence-corrected chi connectivity index (χ3v) is 3.73. The van der Waals surface area contributed by atoms with Crippen LogP contribution in [0.3, 0.4) is 0 Å². The van der Waals surface area contributed by atoms with Crippen LogP contribution in [0.25, 0.3) is 0 Å². The molecular weight excluding hydrogens is 236 g/mol. The molecule has 0 fully saturated rings. The molecule has 0 bridgehead atoms. The standard InChI is InChI=1S/C17H20O2/c1-10-7-14(5-6-16(10)18)13(4)15-8-11(2)17(19)12(3)9-15/h5-9,13,18-19H,1-4H3. The highest BCUT2D eigenvalue weighted by Crippen LogP contribution is 2.32. The number of phenols is 2. The van der Waals surface area contributed by atoms with Crippen molar-refractivity contribution in [1.29, 1.82) is 0 Å². The molecule has 1 atom stereocenters. The molecule has 2 aromatic carbocycles. The van der Waals surface area contributed by atoms with Crippen LogP contribution < -0.4 is 0 Å². The Labute approximate surface area is 114 Å². The lowest BCUT2D eigenvalue weighted by molar-refractivity contribution is 0.466. The van der Waals surface area contributed by atoms with E-state index in [4.69, 9.17) is 0 Å². The zero-order chi connectivity index (χ0) is 14.2. The minimum absolute atomic E-state index is 0.234. The van der Waals surface area contributed by atoms with Gasteiger partial charge in [0.25, 0.3) is 0 Å². The van der Waals surface area contributed by atoms with Crippen LogP contribution in [-0.4, -0.2) is 10.2 Å². The first kappa shape index (κ1) is 13.5. The first-order valence-electron chi connectivity index (χ1n) is 6.49. The summed E-state index contributed by atoms with van der Waals surface area (Å²) in [6.45, 7) is 7.87. The molecular formula is C17H20O2. The Morgan fingerprint density at radius 1 is 0.789 bits per heavy atom. The Morgan fingerprint density at radius 3 is 1.84 bits per heavy atom. The molecule has 0 spiro atoms. The molecule has 0 saturated heterocycles. The van der Waals surface area contributed by atoms with Gasteiger partial charge in [-0.25, -0.2) is 0 Å². The molecule has 19 heavy (non-hydrogen) atoms. The highest BCUT2D eigenvalue weighted by molar-refractivity contribution is 5.46. The van der Waals surface area contributed by atoms with Crippen molar-refractivity contribution >= 4 is 0 Å². The van der Waals surface area contributed by atoms with Crippen LogP contribution in [0.15, 0.2) is 30.3 Å². The second-order valence-electron chi connectivity index (χ2n) is 5.27. The molecule has 0 radical (unpaired) electrons. The number of hydrogen-bond acceptors (Lipinski definition) is 2. The van der Waals surface area contributed by atoms with Gasteiger partial charge in [0.15, 0.2) is 0 Å². The quantitative estimate of drug-likeness (QED) is 0.846. The summed E-state index contributed by atoms with van der Waals surface area (Å²) in [6.07, 6.45) is 0. The molecule has 0 aromatic heterocycles. The number of aryl methyl sites for hydroxylation is 3. The molecule has 0 aliphatic carbocycles. The van der Waals surface area contributed by atoms with Crippen LogP contribution in [0.5, 0.6) is 11.5 Å². The van der Waals surface area contributed by atoms with Crippen molar-refractivity contribution in [2.75, 3.05) is 0 Å². The SMILES string of the molecule is Cc1cc(C(C)c2cc(C)c(O)c(C)c2)ccc1O. The third-order valence-electron chi connectivity index (χ3n) is 3.73. The van der Waals surface area contributed by atoms with E-state index >= 15 is 0 Å². The van der Waals surface area contributed by atoms with Crippen LogP contribution in [0.1, 0.15) is 40.7 Å². The first-order valence-corrected chi connectivity index (χ1v) is 6.49. The largest absolute Gasteiger partial charge is 0.508 e. The van der Waals surface area contributed by atoms with E-state index in [0.717, 1.165) is 16.7 Å². The lowest BCUT2D eigenvalue weighted by atomic mass is 9.90. The summed E-state index contributed by atoms with van der Waals surface area (Å²) in [5.74, 6) is 0.934. The molecule has 0 heterocycles. The fourth-order valence-electron chi connectivity index (χ4n) is 2.38. The molecule has 100 valence electrons. The molecule has 0 amide bonds. The van der Waals surface area contributed by atoms with Crippen LogP contribution in [0.2, 0.25) is 0 Å². The van der Waals surface area contributed by atoms with Gasteiger partial charge in [-0.3, -0.25) is 0 Å². The predicted molar refractivity (Wildman–Crippen MR) is 77.9 cm³/mol. The second kappa shape index (κ2) is 4.96. The Balaban J connectivity index is 2.43. The van der Waals surface area contributed by atoms with Gasteiger partial charge in [0.1, 0.15) is 11.5 Å². The van der Waals surface area contributed by atoms with Crippen molar-refractivity contribution in [2.24, 2.45) is 0 Å². The Morgan fingerprint density at radius 2 is 1.32 bits per heavy atom. The summed E-state index contributed by atoms with van der Waals surface area (Å²) in [4.78, 5) is 0. The van der Waals surface area contributed by atoms with Gasteiger partial charge < -0.3 is 10.2 Å². The van der Waals surface area contributed by atoms with Crippen molar-refractivity contribution in [2.45, 2.75) is 33.6 Å². The lowest BCUT2D eigenvalue weighted by Crippen LogP contribution is -1.98. The van der Waals surface area contributed by atoms with Crippen LogP contribution in [-0.2, 0) is 0 Å². The average Bonchev–Trinajstić information content (AvgIpc) is 2.37. The van der Waals surface area contributed by atoms with E-state index in [2.05, 4.69) is 6.92 Å². The second-order valence-corrected chi connectivity index (χ2v) is 5.27. The number of phenolic OH excluding ortho intramolecular Hbond substituents is 2. The number of benzene rings is 2. The summed E-state index contributed by atoms with van der Waals surface area (Å²) in [5.41, 5.74) is 5.03. The van der Waals surface area contributed by atoms with Gasteiger partial charge in [-0.05, 0) is 54.7 Å². The predicted octanol–water partition coefficient (Wildman–Crippen LogP) is 4.17. The average molecular weight is 256 g/mol. The maximum absolute atomic E-state index is 9.83. The van der Waals surface area contributed by atoms with Gasteiger partial charge in [-0.2, -0.15) is 0 Å². The van der Waals surface area contributed by atoms with Gasteiger partial charge >= 0.3 is 0 Å². The number of rotatable bonds is 2. The summed E-state index contributed by atoms with van der Waals surface area (Å²) in [5, 5.41) is 19.4. The molecule has 2 aromatic rings. The molecule has 2 heteroatoms. The van der Waals surface area contributed by atoms with Crippen molar-refractivity contribution in [3.05, 3.63) is 58.1 Å². The summed E-state index contributed by atoms with van der Waals surface area (Å²) < 4.78 is 0. The molecule has 2 nitrogen and oxygen atoms in total. The van der Waals surface area contributed by atoms with E-state index in [1.54, 1.807) is 6.07 Å². The topological polar surface area (TPSA) is 40.5 Å². The smallest absolute Gasteiger partial charge is 0.121 e. The molecule has 0 saturated carbocycles. The van der Waals surface area contributed by atoms with Gasteiger partial charge in [-0.1, -0.05) is 31.2 Å². The molecule has 0 aliphatic rings. The van der Waals surface area contributed by atoms with Gasteiger partial charge in [0, 0.05) is 5.92 Å². The monoisotopic (exact) mass is 256 g/mol. The van der Waals surface area contributed by atoms with Crippen LogP contribution in [0, 0.1) is 20.8 Å². The van der Waals surface area contributed by atoms with E-state index in [-0.39, 0.29) is 5.92 Å². The zero-order valence-corrected chi connectivity index (χ0v) is 11.9. The highest BCUT2D eigenvalue weighted by atomic mass is 16.3. The van der Waals surface area contributed by atoms with Crippen LogP contribution in [0.4, 0.5) is 0 Å². The van der Waals surface area contributed by atoms with E-state index in [1.807, 2.05) is 45.0 Å². The Hall–Kier alpha value is -1.96. The Bertz CT molecular complexity index is 592. The van der Waals surface area contributed by atoms with Crippen molar-refractivity contribution in [3.8, 4) is 11.5 Å². The maximum Gasteiger partial charge on any atom is 0.121 e. The molecule has 1 unspecified atom stereocenters. The molecule has 2 N–H and O–H groups in total. The van der Waals surface area contributed by atoms with Gasteiger partial charge in [0.2, 0.25) is 0 Å². The highest BCUT2D eigenvalue weighted by Gasteiger charge is 2.12. The fraction of sp³-hybridized carbons (Fsp3) is 0.294. The maximum atomic E-state index is 9.83. The Kier molecular flexibility index (Phi) is 3.52. The van der Waals surface area contributed by atoms with E-state index < -0.39 is 0 Å². The first-order chi connectivity index (χ1) is 8.90. The molecule has 0 aliphatic heterocycles. The van der Waals surface area contributed by atoms with Crippen molar-refractivity contribution in [3.63, 3.8) is 0 Å². The van der Waals surface area contributed by atoms with Crippen molar-refractivity contribution < 1.29 is 10.2 Å².